The molecule has 9 heteroatoms. The molecule has 0 spiro atoms. The van der Waals surface area contributed by atoms with Crippen LogP contribution in [0.3, 0.4) is 0 Å². The first-order valence-electron chi connectivity index (χ1n) is 9.90. The molecule has 0 saturated carbocycles. The summed E-state index contributed by atoms with van der Waals surface area (Å²) in [5.74, 6) is 1.90. The molecule has 0 radical (unpaired) electrons. The molecule has 7 nitrogen and oxygen atoms in total. The van der Waals surface area contributed by atoms with E-state index < -0.39 is 0 Å². The lowest BCUT2D eigenvalue weighted by molar-refractivity contribution is -0.113. The van der Waals surface area contributed by atoms with Gasteiger partial charge < -0.3 is 14.8 Å². The zero-order chi connectivity index (χ0) is 23.1. The van der Waals surface area contributed by atoms with E-state index in [0.717, 1.165) is 16.9 Å². The molecule has 3 rings (SSSR count). The number of nitrogens with zero attached hydrogens (tertiary/aromatic N) is 3. The Bertz CT molecular complexity index is 1100. The fourth-order valence-corrected chi connectivity index (χ4v) is 4.04. The van der Waals surface area contributed by atoms with Crippen molar-refractivity contribution in [3.05, 3.63) is 71.0 Å². The minimum atomic E-state index is -0.211. The molecule has 0 fully saturated rings. The van der Waals surface area contributed by atoms with E-state index in [1.807, 2.05) is 30.5 Å². The van der Waals surface area contributed by atoms with Crippen LogP contribution in [0, 0.1) is 13.8 Å². The molecule has 3 aromatic rings. The number of amides is 1. The van der Waals surface area contributed by atoms with Crippen LogP contribution in [0.15, 0.2) is 54.2 Å². The van der Waals surface area contributed by atoms with Crippen molar-refractivity contribution >= 4 is 35.0 Å². The standard InChI is InChI=1S/C23H25ClN4O3S/c1-5-8-28-21(13-31-18-10-15(2)9-16(3)11-18)26-27-23(28)32-14-22(29)25-19-12-17(24)6-7-20(19)30-4/h5-7,9-12H,1,8,13-14H2,2-4H3,(H,25,29). The van der Waals surface area contributed by atoms with E-state index in [4.69, 9.17) is 21.1 Å². The molecule has 1 heterocycles. The topological polar surface area (TPSA) is 78.3 Å². The second-order valence-electron chi connectivity index (χ2n) is 7.09. The van der Waals surface area contributed by atoms with E-state index in [9.17, 15) is 4.79 Å². The Morgan fingerprint density at radius 3 is 2.66 bits per heavy atom. The number of hydrogen-bond acceptors (Lipinski definition) is 6. The molecule has 0 aliphatic carbocycles. The van der Waals surface area contributed by atoms with Crippen LogP contribution in [0.2, 0.25) is 5.02 Å². The Morgan fingerprint density at radius 2 is 1.97 bits per heavy atom. The van der Waals surface area contributed by atoms with Crippen LogP contribution in [0.5, 0.6) is 11.5 Å². The predicted molar refractivity (Wildman–Crippen MR) is 128 cm³/mol. The third-order valence-corrected chi connectivity index (χ3v) is 5.64. The van der Waals surface area contributed by atoms with Gasteiger partial charge in [0, 0.05) is 11.6 Å². The number of carbonyl (C=O) groups is 1. The van der Waals surface area contributed by atoms with Crippen LogP contribution in [-0.2, 0) is 17.9 Å². The summed E-state index contributed by atoms with van der Waals surface area (Å²) in [6, 6.07) is 11.1. The lowest BCUT2D eigenvalue weighted by atomic mass is 10.1. The van der Waals surface area contributed by atoms with E-state index in [0.29, 0.717) is 34.0 Å². The van der Waals surface area contributed by atoms with E-state index in [1.165, 1.54) is 18.9 Å². The van der Waals surface area contributed by atoms with Crippen LogP contribution < -0.4 is 14.8 Å². The zero-order valence-electron chi connectivity index (χ0n) is 18.2. The number of hydrogen-bond donors (Lipinski definition) is 1. The quantitative estimate of drug-likeness (QED) is 0.328. The van der Waals surface area contributed by atoms with E-state index in [-0.39, 0.29) is 18.3 Å². The number of aromatic nitrogens is 3. The Morgan fingerprint density at radius 1 is 1.22 bits per heavy atom. The third kappa shape index (κ3) is 6.27. The van der Waals surface area contributed by atoms with Gasteiger partial charge >= 0.3 is 0 Å². The van der Waals surface area contributed by atoms with Gasteiger partial charge in [0.15, 0.2) is 11.0 Å². The van der Waals surface area contributed by atoms with E-state index in [1.54, 1.807) is 24.3 Å². The maximum Gasteiger partial charge on any atom is 0.234 e. The van der Waals surface area contributed by atoms with Gasteiger partial charge in [-0.25, -0.2) is 0 Å². The third-order valence-electron chi connectivity index (χ3n) is 4.44. The highest BCUT2D eigenvalue weighted by atomic mass is 35.5. The van der Waals surface area contributed by atoms with Gasteiger partial charge in [0.25, 0.3) is 0 Å². The first-order chi connectivity index (χ1) is 15.4. The first kappa shape index (κ1) is 23.7. The van der Waals surface area contributed by atoms with Crippen molar-refractivity contribution < 1.29 is 14.3 Å². The van der Waals surface area contributed by atoms with Gasteiger partial charge in [-0.1, -0.05) is 35.5 Å². The number of allylic oxidation sites excluding steroid dienone is 1. The molecule has 0 atom stereocenters. The summed E-state index contributed by atoms with van der Waals surface area (Å²) >= 11 is 7.30. The summed E-state index contributed by atoms with van der Waals surface area (Å²) in [7, 11) is 1.53. The summed E-state index contributed by atoms with van der Waals surface area (Å²) in [6.45, 7) is 8.62. The Kier molecular flexibility index (Phi) is 8.19. The summed E-state index contributed by atoms with van der Waals surface area (Å²) in [5, 5.41) is 12.4. The number of halogens is 1. The number of methoxy groups -OCH3 is 1. The SMILES string of the molecule is C=CCn1c(COc2cc(C)cc(C)c2)nnc1SCC(=O)Nc1cc(Cl)ccc1OC. The Balaban J connectivity index is 1.65. The number of anilines is 1. The van der Waals surface area contributed by atoms with Gasteiger partial charge in [0.2, 0.25) is 5.91 Å². The molecule has 32 heavy (non-hydrogen) atoms. The van der Waals surface area contributed by atoms with Crippen molar-refractivity contribution in [1.29, 1.82) is 0 Å². The fraction of sp³-hybridized carbons (Fsp3) is 0.261. The minimum Gasteiger partial charge on any atom is -0.495 e. The number of ether oxygens (including phenoxy) is 2. The van der Waals surface area contributed by atoms with Gasteiger partial charge in [0.05, 0.1) is 18.6 Å². The molecule has 2 aromatic carbocycles. The highest BCUT2D eigenvalue weighted by molar-refractivity contribution is 7.99. The van der Waals surface area contributed by atoms with Crippen LogP contribution in [0.1, 0.15) is 17.0 Å². The molecule has 168 valence electrons. The first-order valence-corrected chi connectivity index (χ1v) is 11.3. The molecule has 1 N–H and O–H groups in total. The molecule has 1 aromatic heterocycles. The molecule has 1 amide bonds. The normalized spacial score (nSPS) is 10.6. The number of aryl methyl sites for hydroxylation is 2. The molecular weight excluding hydrogens is 448 g/mol. The van der Waals surface area contributed by atoms with Crippen molar-refractivity contribution in [2.45, 2.75) is 32.2 Å². The van der Waals surface area contributed by atoms with Crippen molar-refractivity contribution in [3.8, 4) is 11.5 Å². The lowest BCUT2D eigenvalue weighted by Crippen LogP contribution is -2.15. The van der Waals surface area contributed by atoms with Gasteiger partial charge in [-0.2, -0.15) is 0 Å². The summed E-state index contributed by atoms with van der Waals surface area (Å²) in [5.41, 5.74) is 2.78. The maximum absolute atomic E-state index is 12.5. The average Bonchev–Trinajstić information content (AvgIpc) is 3.12. The van der Waals surface area contributed by atoms with E-state index in [2.05, 4.69) is 28.2 Å². The van der Waals surface area contributed by atoms with Crippen molar-refractivity contribution in [2.24, 2.45) is 0 Å². The van der Waals surface area contributed by atoms with Gasteiger partial charge in [-0.05, 0) is 55.3 Å². The minimum absolute atomic E-state index is 0.142. The molecule has 0 aliphatic rings. The van der Waals surface area contributed by atoms with E-state index >= 15 is 0 Å². The smallest absolute Gasteiger partial charge is 0.234 e. The van der Waals surface area contributed by atoms with Gasteiger partial charge in [0.1, 0.15) is 18.1 Å². The summed E-state index contributed by atoms with van der Waals surface area (Å²) < 4.78 is 13.1. The van der Waals surface area contributed by atoms with Crippen LogP contribution in [-0.4, -0.2) is 33.5 Å². The number of benzene rings is 2. The number of carbonyl (C=O) groups excluding carboxylic acids is 1. The van der Waals surface area contributed by atoms with Crippen molar-refractivity contribution in [2.75, 3.05) is 18.2 Å². The average molecular weight is 473 g/mol. The maximum atomic E-state index is 12.5. The van der Waals surface area contributed by atoms with Gasteiger partial charge in [-0.3, -0.25) is 9.36 Å². The molecule has 0 unspecified atom stereocenters. The molecule has 0 saturated heterocycles. The predicted octanol–water partition coefficient (Wildman–Crippen LogP) is 5.05. The highest BCUT2D eigenvalue weighted by Gasteiger charge is 2.15. The fourth-order valence-electron chi connectivity index (χ4n) is 3.10. The van der Waals surface area contributed by atoms with Crippen LogP contribution in [0.4, 0.5) is 5.69 Å². The van der Waals surface area contributed by atoms with Crippen molar-refractivity contribution in [3.63, 3.8) is 0 Å². The largest absolute Gasteiger partial charge is 0.495 e. The lowest BCUT2D eigenvalue weighted by Gasteiger charge is -2.11. The Labute approximate surface area is 196 Å². The summed E-state index contributed by atoms with van der Waals surface area (Å²) in [6.07, 6.45) is 1.75. The summed E-state index contributed by atoms with van der Waals surface area (Å²) in [4.78, 5) is 12.5. The number of thioether (sulfide) groups is 1. The molecule has 0 aliphatic heterocycles. The number of rotatable bonds is 10. The molecule has 0 bridgehead atoms. The zero-order valence-corrected chi connectivity index (χ0v) is 19.8. The highest BCUT2D eigenvalue weighted by Crippen LogP contribution is 2.28. The molecular formula is C23H25ClN4O3S. The monoisotopic (exact) mass is 472 g/mol. The van der Waals surface area contributed by atoms with Crippen LogP contribution >= 0.6 is 23.4 Å². The van der Waals surface area contributed by atoms with Crippen molar-refractivity contribution in [1.82, 2.24) is 14.8 Å². The van der Waals surface area contributed by atoms with Crippen LogP contribution in [0.25, 0.3) is 0 Å². The van der Waals surface area contributed by atoms with Gasteiger partial charge in [-0.15, -0.1) is 16.8 Å². The second kappa shape index (κ2) is 11.1. The number of nitrogens with one attached hydrogen (secondary N) is 1. The second-order valence-corrected chi connectivity index (χ2v) is 8.47. The Hall–Kier alpha value is -2.97.